The summed E-state index contributed by atoms with van der Waals surface area (Å²) in [6.45, 7) is 4.67. The van der Waals surface area contributed by atoms with E-state index in [1.807, 2.05) is 32.0 Å². The zero-order valence-corrected chi connectivity index (χ0v) is 14.1. The van der Waals surface area contributed by atoms with Crippen LogP contribution in [0.25, 0.3) is 0 Å². The highest BCUT2D eigenvalue weighted by molar-refractivity contribution is 6.30. The van der Waals surface area contributed by atoms with Gasteiger partial charge < -0.3 is 15.8 Å². The molecule has 0 fully saturated rings. The molecule has 3 N–H and O–H groups in total. The first-order chi connectivity index (χ1) is 10.9. The minimum absolute atomic E-state index is 0.101. The Labute approximate surface area is 141 Å². The summed E-state index contributed by atoms with van der Waals surface area (Å²) in [5, 5.41) is 3.54. The lowest BCUT2D eigenvalue weighted by molar-refractivity contribution is -0.120. The molecule has 23 heavy (non-hydrogen) atoms. The predicted molar refractivity (Wildman–Crippen MR) is 94.1 cm³/mol. The van der Waals surface area contributed by atoms with Crippen LogP contribution in [0.5, 0.6) is 5.75 Å². The lowest BCUT2D eigenvalue weighted by atomic mass is 9.83. The van der Waals surface area contributed by atoms with Crippen LogP contribution in [0.1, 0.15) is 19.4 Å². The Balaban J connectivity index is 2.08. The monoisotopic (exact) mass is 332 g/mol. The number of rotatable bonds is 6. The van der Waals surface area contributed by atoms with Crippen molar-refractivity contribution in [2.24, 2.45) is 5.73 Å². The van der Waals surface area contributed by atoms with Crippen LogP contribution >= 0.6 is 11.6 Å². The summed E-state index contributed by atoms with van der Waals surface area (Å²) in [5.41, 5.74) is 6.28. The standard InChI is InChI=1S/C18H21ClN2O2/c1-18(2,13-4-3-5-14(19)12-13)17(22)21-15-6-8-16(9-7-15)23-11-10-20/h3-9,12H,10-11,20H2,1-2H3,(H,21,22). The molecule has 0 spiro atoms. The van der Waals surface area contributed by atoms with E-state index >= 15 is 0 Å². The van der Waals surface area contributed by atoms with Crippen LogP contribution in [-0.2, 0) is 10.2 Å². The van der Waals surface area contributed by atoms with E-state index in [1.165, 1.54) is 0 Å². The van der Waals surface area contributed by atoms with E-state index in [4.69, 9.17) is 22.1 Å². The fourth-order valence-corrected chi connectivity index (χ4v) is 2.30. The second kappa shape index (κ2) is 7.49. The maximum Gasteiger partial charge on any atom is 0.234 e. The van der Waals surface area contributed by atoms with Gasteiger partial charge in [-0.2, -0.15) is 0 Å². The van der Waals surface area contributed by atoms with Gasteiger partial charge in [0.05, 0.1) is 5.41 Å². The number of anilines is 1. The SMILES string of the molecule is CC(C)(C(=O)Nc1ccc(OCCN)cc1)c1cccc(Cl)c1. The van der Waals surface area contributed by atoms with Crippen molar-refractivity contribution in [2.75, 3.05) is 18.5 Å². The van der Waals surface area contributed by atoms with E-state index in [0.717, 1.165) is 11.3 Å². The third-order valence-electron chi connectivity index (χ3n) is 3.61. The molecule has 122 valence electrons. The first-order valence-corrected chi connectivity index (χ1v) is 7.81. The molecule has 0 aliphatic rings. The van der Waals surface area contributed by atoms with Gasteiger partial charge in [-0.1, -0.05) is 23.7 Å². The highest BCUT2D eigenvalue weighted by Crippen LogP contribution is 2.27. The number of hydrogen-bond acceptors (Lipinski definition) is 3. The molecule has 0 saturated heterocycles. The van der Waals surface area contributed by atoms with Crippen LogP contribution in [0.4, 0.5) is 5.69 Å². The summed E-state index contributed by atoms with van der Waals surface area (Å²) in [6.07, 6.45) is 0. The van der Waals surface area contributed by atoms with Crippen LogP contribution in [0, 0.1) is 0 Å². The van der Waals surface area contributed by atoms with Gasteiger partial charge in [0.2, 0.25) is 5.91 Å². The van der Waals surface area contributed by atoms with E-state index in [9.17, 15) is 4.79 Å². The van der Waals surface area contributed by atoms with Crippen molar-refractivity contribution in [3.05, 3.63) is 59.1 Å². The van der Waals surface area contributed by atoms with Crippen LogP contribution in [0.2, 0.25) is 5.02 Å². The number of carbonyl (C=O) groups excluding carboxylic acids is 1. The van der Waals surface area contributed by atoms with Gasteiger partial charge in [0.15, 0.2) is 0 Å². The number of nitrogens with one attached hydrogen (secondary N) is 1. The Kier molecular flexibility index (Phi) is 5.64. The molecule has 0 unspecified atom stereocenters. The Bertz CT molecular complexity index is 669. The molecule has 0 bridgehead atoms. The topological polar surface area (TPSA) is 64.3 Å². The Morgan fingerprint density at radius 3 is 2.52 bits per heavy atom. The molecule has 0 atom stereocenters. The predicted octanol–water partition coefficient (Wildman–Crippen LogP) is 3.59. The van der Waals surface area contributed by atoms with Crippen molar-refractivity contribution in [2.45, 2.75) is 19.3 Å². The summed E-state index contributed by atoms with van der Waals surface area (Å²) >= 11 is 6.02. The molecule has 2 rings (SSSR count). The van der Waals surface area contributed by atoms with Gasteiger partial charge in [-0.05, 0) is 55.8 Å². The molecule has 0 heterocycles. The van der Waals surface area contributed by atoms with Gasteiger partial charge in [0.25, 0.3) is 0 Å². The summed E-state index contributed by atoms with van der Waals surface area (Å²) in [4.78, 5) is 12.6. The molecule has 0 radical (unpaired) electrons. The normalized spacial score (nSPS) is 11.1. The highest BCUT2D eigenvalue weighted by Gasteiger charge is 2.30. The summed E-state index contributed by atoms with van der Waals surface area (Å²) in [5.74, 6) is 0.623. The molecule has 4 nitrogen and oxygen atoms in total. The Hall–Kier alpha value is -2.04. The fraction of sp³-hybridized carbons (Fsp3) is 0.278. The van der Waals surface area contributed by atoms with Crippen LogP contribution in [0.3, 0.4) is 0 Å². The molecule has 0 aliphatic heterocycles. The Morgan fingerprint density at radius 1 is 1.22 bits per heavy atom. The molecule has 1 amide bonds. The van der Waals surface area contributed by atoms with Gasteiger partial charge in [0, 0.05) is 17.3 Å². The second-order valence-corrected chi connectivity index (χ2v) is 6.19. The van der Waals surface area contributed by atoms with Crippen molar-refractivity contribution in [1.29, 1.82) is 0 Å². The first kappa shape index (κ1) is 17.3. The van der Waals surface area contributed by atoms with E-state index in [2.05, 4.69) is 5.32 Å². The lowest BCUT2D eigenvalue weighted by Gasteiger charge is -2.24. The van der Waals surface area contributed by atoms with Crippen molar-refractivity contribution in [3.8, 4) is 5.75 Å². The second-order valence-electron chi connectivity index (χ2n) is 5.75. The maximum atomic E-state index is 12.6. The molecule has 0 saturated carbocycles. The third-order valence-corrected chi connectivity index (χ3v) is 3.85. The number of ether oxygens (including phenoxy) is 1. The summed E-state index contributed by atoms with van der Waals surface area (Å²) in [7, 11) is 0. The van der Waals surface area contributed by atoms with Crippen LogP contribution in [0.15, 0.2) is 48.5 Å². The highest BCUT2D eigenvalue weighted by atomic mass is 35.5. The van der Waals surface area contributed by atoms with Gasteiger partial charge >= 0.3 is 0 Å². The average Bonchev–Trinajstić information content (AvgIpc) is 2.54. The maximum absolute atomic E-state index is 12.6. The van der Waals surface area contributed by atoms with Gasteiger partial charge in [-0.15, -0.1) is 0 Å². The van der Waals surface area contributed by atoms with Crippen molar-refractivity contribution in [3.63, 3.8) is 0 Å². The van der Waals surface area contributed by atoms with Gasteiger partial charge in [-0.3, -0.25) is 4.79 Å². The quantitative estimate of drug-likeness (QED) is 0.849. The molecule has 5 heteroatoms. The third kappa shape index (κ3) is 4.47. The number of carbonyl (C=O) groups is 1. The van der Waals surface area contributed by atoms with Crippen LogP contribution < -0.4 is 15.8 Å². The largest absolute Gasteiger partial charge is 0.492 e. The number of hydrogen-bond donors (Lipinski definition) is 2. The average molecular weight is 333 g/mol. The smallest absolute Gasteiger partial charge is 0.234 e. The zero-order valence-electron chi connectivity index (χ0n) is 13.3. The van der Waals surface area contributed by atoms with E-state index in [0.29, 0.717) is 23.9 Å². The van der Waals surface area contributed by atoms with Crippen molar-refractivity contribution in [1.82, 2.24) is 0 Å². The number of halogens is 1. The minimum Gasteiger partial charge on any atom is -0.492 e. The molecule has 0 aromatic heterocycles. The first-order valence-electron chi connectivity index (χ1n) is 7.44. The summed E-state index contributed by atoms with van der Waals surface area (Å²) in [6, 6.07) is 14.6. The molecular formula is C18H21ClN2O2. The van der Waals surface area contributed by atoms with Crippen molar-refractivity contribution < 1.29 is 9.53 Å². The number of amides is 1. The van der Waals surface area contributed by atoms with E-state index < -0.39 is 5.41 Å². The van der Waals surface area contributed by atoms with Gasteiger partial charge in [0.1, 0.15) is 12.4 Å². The summed E-state index contributed by atoms with van der Waals surface area (Å²) < 4.78 is 5.41. The molecular weight excluding hydrogens is 312 g/mol. The van der Waals surface area contributed by atoms with E-state index in [-0.39, 0.29) is 5.91 Å². The minimum atomic E-state index is -0.695. The zero-order chi connectivity index (χ0) is 16.9. The fourth-order valence-electron chi connectivity index (χ4n) is 2.11. The number of nitrogens with two attached hydrogens (primary N) is 1. The van der Waals surface area contributed by atoms with E-state index in [1.54, 1.807) is 30.3 Å². The number of benzene rings is 2. The van der Waals surface area contributed by atoms with Gasteiger partial charge in [-0.25, -0.2) is 0 Å². The van der Waals surface area contributed by atoms with Crippen LogP contribution in [-0.4, -0.2) is 19.1 Å². The molecule has 0 aliphatic carbocycles. The Morgan fingerprint density at radius 2 is 1.91 bits per heavy atom. The molecule has 2 aromatic carbocycles. The van der Waals surface area contributed by atoms with Crippen molar-refractivity contribution >= 4 is 23.2 Å². The lowest BCUT2D eigenvalue weighted by Crippen LogP contribution is -2.34. The molecule has 2 aromatic rings.